The van der Waals surface area contributed by atoms with Gasteiger partial charge in [-0.2, -0.15) is 0 Å². The largest absolute Gasteiger partial charge is 0.289 e. The second-order valence-corrected chi connectivity index (χ2v) is 3.69. The minimum Gasteiger partial charge on any atom is -0.289 e. The van der Waals surface area contributed by atoms with Crippen LogP contribution in [-0.2, 0) is 19.5 Å². The Hall–Kier alpha value is -0.917. The number of carbonyl (C=O) groups excluding carboxylic acids is 1. The summed E-state index contributed by atoms with van der Waals surface area (Å²) in [6.07, 6.45) is 0. The molecule has 3 heteroatoms. The normalized spacial score (nSPS) is 9.31. The van der Waals surface area contributed by atoms with E-state index in [4.69, 9.17) is 0 Å². The molecule has 0 saturated carbocycles. The van der Waals surface area contributed by atoms with E-state index >= 15 is 0 Å². The molecule has 76 valence electrons. The quantitative estimate of drug-likeness (QED) is 0.507. The predicted molar refractivity (Wildman–Crippen MR) is 63.6 cm³/mol. The molecule has 0 aliphatic carbocycles. The maximum Gasteiger partial charge on any atom is 0.194 e. The fourth-order valence-corrected chi connectivity index (χ4v) is 1.67. The minimum atomic E-state index is 0. The van der Waals surface area contributed by atoms with E-state index in [-0.39, 0.29) is 25.3 Å². The van der Waals surface area contributed by atoms with E-state index < -0.39 is 0 Å². The van der Waals surface area contributed by atoms with Crippen LogP contribution in [0.2, 0.25) is 0 Å². The first-order valence-electron chi connectivity index (χ1n) is 4.67. The molecule has 0 amide bonds. The van der Waals surface area contributed by atoms with Crippen LogP contribution < -0.4 is 0 Å². The van der Waals surface area contributed by atoms with E-state index in [0.29, 0.717) is 16.0 Å². The van der Waals surface area contributed by atoms with E-state index in [2.05, 4.69) is 12.6 Å². The van der Waals surface area contributed by atoms with Crippen LogP contribution in [-0.4, -0.2) is 5.78 Å². The Kier molecular flexibility index (Phi) is 4.91. The fourth-order valence-electron chi connectivity index (χ4n) is 1.41. The van der Waals surface area contributed by atoms with Crippen LogP contribution in [0, 0.1) is 0 Å². The second kappa shape index (κ2) is 5.98. The van der Waals surface area contributed by atoms with Gasteiger partial charge in [0, 0.05) is 35.5 Å². The van der Waals surface area contributed by atoms with Crippen molar-refractivity contribution in [3.8, 4) is 0 Å². The van der Waals surface area contributed by atoms with Crippen molar-refractivity contribution >= 4 is 18.4 Å². The number of thiol groups is 1. The maximum absolute atomic E-state index is 12.0. The predicted octanol–water partition coefficient (Wildman–Crippen LogP) is 3.20. The van der Waals surface area contributed by atoms with E-state index in [1.54, 1.807) is 6.07 Å². The number of hydrogen-bond donors (Lipinski definition) is 1. The molecule has 0 bridgehead atoms. The van der Waals surface area contributed by atoms with Gasteiger partial charge in [0.1, 0.15) is 0 Å². The molecule has 0 heterocycles. The van der Waals surface area contributed by atoms with Crippen LogP contribution in [0.25, 0.3) is 0 Å². The molecule has 0 radical (unpaired) electrons. The van der Waals surface area contributed by atoms with Gasteiger partial charge in [-0.25, -0.2) is 0 Å². The molecule has 0 unspecified atom stereocenters. The van der Waals surface area contributed by atoms with Gasteiger partial charge < -0.3 is 0 Å². The summed E-state index contributed by atoms with van der Waals surface area (Å²) < 4.78 is 0. The standard InChI is InChI=1S/C13H10OS.Zn/c14-13(10-6-2-1-3-7-10)11-8-4-5-9-12(11)15;/h1-9,15H;. The number of carbonyl (C=O) groups is 1. The third kappa shape index (κ3) is 2.81. The Bertz CT molecular complexity index is 482. The molecule has 2 aromatic rings. The van der Waals surface area contributed by atoms with Crippen molar-refractivity contribution in [2.45, 2.75) is 4.90 Å². The molecular formula is C13H10OSZn. The van der Waals surface area contributed by atoms with Gasteiger partial charge in [0.25, 0.3) is 0 Å². The zero-order valence-corrected chi connectivity index (χ0v) is 12.6. The topological polar surface area (TPSA) is 17.1 Å². The summed E-state index contributed by atoms with van der Waals surface area (Å²) in [6, 6.07) is 16.5. The van der Waals surface area contributed by atoms with Crippen molar-refractivity contribution in [3.63, 3.8) is 0 Å². The van der Waals surface area contributed by atoms with Crippen LogP contribution in [0.15, 0.2) is 59.5 Å². The third-order valence-electron chi connectivity index (χ3n) is 2.18. The van der Waals surface area contributed by atoms with Gasteiger partial charge in [-0.1, -0.05) is 42.5 Å². The van der Waals surface area contributed by atoms with Crippen molar-refractivity contribution < 1.29 is 24.3 Å². The monoisotopic (exact) mass is 278 g/mol. The van der Waals surface area contributed by atoms with Gasteiger partial charge in [-0.05, 0) is 12.1 Å². The summed E-state index contributed by atoms with van der Waals surface area (Å²) in [4.78, 5) is 12.7. The summed E-state index contributed by atoms with van der Waals surface area (Å²) in [5.74, 6) is 0.0150. The smallest absolute Gasteiger partial charge is 0.194 e. The van der Waals surface area contributed by atoms with Crippen molar-refractivity contribution in [2.24, 2.45) is 0 Å². The molecule has 0 saturated heterocycles. The molecule has 0 fully saturated rings. The number of benzene rings is 2. The Labute approximate surface area is 113 Å². The molecule has 16 heavy (non-hydrogen) atoms. The molecular weight excluding hydrogens is 270 g/mol. The van der Waals surface area contributed by atoms with Crippen LogP contribution in [0.5, 0.6) is 0 Å². The van der Waals surface area contributed by atoms with Gasteiger partial charge in [0.05, 0.1) is 0 Å². The van der Waals surface area contributed by atoms with Crippen LogP contribution in [0.4, 0.5) is 0 Å². The molecule has 2 rings (SSSR count). The van der Waals surface area contributed by atoms with Gasteiger partial charge in [0.2, 0.25) is 0 Å². The van der Waals surface area contributed by atoms with Gasteiger partial charge in [-0.15, -0.1) is 12.6 Å². The fraction of sp³-hybridized carbons (Fsp3) is 0. The number of rotatable bonds is 2. The van der Waals surface area contributed by atoms with E-state index in [1.165, 1.54) is 0 Å². The Morgan fingerprint density at radius 3 is 2.06 bits per heavy atom. The number of ketones is 1. The molecule has 1 nitrogen and oxygen atoms in total. The second-order valence-electron chi connectivity index (χ2n) is 3.21. The number of hydrogen-bond acceptors (Lipinski definition) is 2. The average molecular weight is 280 g/mol. The zero-order valence-electron chi connectivity index (χ0n) is 8.76. The van der Waals surface area contributed by atoms with Gasteiger partial charge in [0.15, 0.2) is 5.78 Å². The Balaban J connectivity index is 0.00000128. The van der Waals surface area contributed by atoms with Crippen molar-refractivity contribution in [3.05, 3.63) is 65.7 Å². The summed E-state index contributed by atoms with van der Waals surface area (Å²) in [6.45, 7) is 0. The summed E-state index contributed by atoms with van der Waals surface area (Å²) in [5.41, 5.74) is 1.34. The van der Waals surface area contributed by atoms with E-state index in [0.717, 1.165) is 0 Å². The Morgan fingerprint density at radius 2 is 1.44 bits per heavy atom. The van der Waals surface area contributed by atoms with Crippen molar-refractivity contribution in [2.75, 3.05) is 0 Å². The van der Waals surface area contributed by atoms with Crippen molar-refractivity contribution in [1.82, 2.24) is 0 Å². The van der Waals surface area contributed by atoms with Crippen LogP contribution >= 0.6 is 12.6 Å². The third-order valence-corrected chi connectivity index (χ3v) is 2.57. The molecule has 0 atom stereocenters. The first kappa shape index (κ1) is 13.1. The van der Waals surface area contributed by atoms with Crippen LogP contribution in [0.1, 0.15) is 15.9 Å². The van der Waals surface area contributed by atoms with Gasteiger partial charge in [-0.3, -0.25) is 4.79 Å². The molecule has 0 N–H and O–H groups in total. The summed E-state index contributed by atoms with van der Waals surface area (Å²) in [5, 5.41) is 0. The summed E-state index contributed by atoms with van der Waals surface area (Å²) >= 11 is 4.27. The summed E-state index contributed by atoms with van der Waals surface area (Å²) in [7, 11) is 0. The first-order valence-corrected chi connectivity index (χ1v) is 5.11. The van der Waals surface area contributed by atoms with Crippen molar-refractivity contribution in [1.29, 1.82) is 0 Å². The van der Waals surface area contributed by atoms with Crippen LogP contribution in [0.3, 0.4) is 0 Å². The SMILES string of the molecule is O=C(c1ccccc1)c1ccccc1S.[Zn]. The molecule has 0 aromatic heterocycles. The van der Waals surface area contributed by atoms with E-state index in [1.807, 2.05) is 48.5 Å². The molecule has 0 aliphatic rings. The Morgan fingerprint density at radius 1 is 0.875 bits per heavy atom. The minimum absolute atomic E-state index is 0. The maximum atomic E-state index is 12.0. The molecule has 0 aliphatic heterocycles. The zero-order chi connectivity index (χ0) is 10.7. The molecule has 0 spiro atoms. The average Bonchev–Trinajstić information content (AvgIpc) is 2.30. The van der Waals surface area contributed by atoms with E-state index in [9.17, 15) is 4.79 Å². The van der Waals surface area contributed by atoms with Gasteiger partial charge >= 0.3 is 0 Å². The molecule has 2 aromatic carbocycles. The first-order chi connectivity index (χ1) is 7.29.